The topological polar surface area (TPSA) is 65.7 Å². The van der Waals surface area contributed by atoms with E-state index in [0.29, 0.717) is 29.9 Å². The van der Waals surface area contributed by atoms with Crippen LogP contribution in [-0.2, 0) is 16.0 Å². The third-order valence-electron chi connectivity index (χ3n) is 3.76. The molecule has 2 aromatic rings. The Hall–Kier alpha value is -2.30. The van der Waals surface area contributed by atoms with Gasteiger partial charge in [-0.05, 0) is 44.9 Å². The molecule has 1 aromatic carbocycles. The van der Waals surface area contributed by atoms with Crippen LogP contribution in [0.15, 0.2) is 21.3 Å². The third kappa shape index (κ3) is 2.98. The smallest absolute Gasteiger partial charge is 0.339 e. The van der Waals surface area contributed by atoms with Crippen LogP contribution in [0.5, 0.6) is 5.75 Å². The van der Waals surface area contributed by atoms with Crippen LogP contribution in [0.1, 0.15) is 30.0 Å². The summed E-state index contributed by atoms with van der Waals surface area (Å²) in [5.74, 6) is 0.363. The molecule has 5 nitrogen and oxygen atoms in total. The SMILES string of the molecule is CCOC(=O)CCc1c(C)c2ccc(OC)c(C)c2oc1=O. The number of ether oxygens (including phenoxy) is 2. The van der Waals surface area contributed by atoms with Gasteiger partial charge in [0, 0.05) is 22.9 Å². The van der Waals surface area contributed by atoms with Gasteiger partial charge in [-0.15, -0.1) is 0 Å². The van der Waals surface area contributed by atoms with E-state index >= 15 is 0 Å². The van der Waals surface area contributed by atoms with E-state index in [0.717, 1.165) is 16.5 Å². The normalized spacial score (nSPS) is 10.7. The molecule has 0 atom stereocenters. The van der Waals surface area contributed by atoms with Gasteiger partial charge in [0.15, 0.2) is 0 Å². The number of esters is 1. The van der Waals surface area contributed by atoms with Crippen molar-refractivity contribution in [2.75, 3.05) is 13.7 Å². The number of hydrogen-bond acceptors (Lipinski definition) is 5. The van der Waals surface area contributed by atoms with Crippen LogP contribution in [0.3, 0.4) is 0 Å². The first kappa shape index (κ1) is 16.1. The quantitative estimate of drug-likeness (QED) is 0.627. The summed E-state index contributed by atoms with van der Waals surface area (Å²) < 4.78 is 15.6. The van der Waals surface area contributed by atoms with Crippen molar-refractivity contribution in [1.29, 1.82) is 0 Å². The van der Waals surface area contributed by atoms with Crippen molar-refractivity contribution in [1.82, 2.24) is 0 Å². The minimum absolute atomic E-state index is 0.167. The molecule has 0 amide bonds. The first-order valence-electron chi connectivity index (χ1n) is 7.25. The molecule has 0 fully saturated rings. The molecule has 0 aliphatic rings. The summed E-state index contributed by atoms with van der Waals surface area (Å²) in [6, 6.07) is 3.72. The molecule has 0 unspecified atom stereocenters. The zero-order valence-corrected chi connectivity index (χ0v) is 13.3. The van der Waals surface area contributed by atoms with Crippen LogP contribution in [0.25, 0.3) is 11.0 Å². The molecular weight excluding hydrogens is 284 g/mol. The second-order valence-electron chi connectivity index (χ2n) is 5.07. The van der Waals surface area contributed by atoms with Crippen molar-refractivity contribution in [2.45, 2.75) is 33.6 Å². The average molecular weight is 304 g/mol. The Kier molecular flexibility index (Phi) is 4.85. The summed E-state index contributed by atoms with van der Waals surface area (Å²) in [5.41, 5.74) is 2.26. The van der Waals surface area contributed by atoms with Crippen LogP contribution in [0.2, 0.25) is 0 Å². The lowest BCUT2D eigenvalue weighted by Crippen LogP contribution is -2.14. The van der Waals surface area contributed by atoms with Gasteiger partial charge in [-0.2, -0.15) is 0 Å². The van der Waals surface area contributed by atoms with Gasteiger partial charge >= 0.3 is 11.6 Å². The summed E-state index contributed by atoms with van der Waals surface area (Å²) in [5, 5.41) is 0.858. The van der Waals surface area contributed by atoms with Crippen molar-refractivity contribution in [2.24, 2.45) is 0 Å². The summed E-state index contributed by atoms with van der Waals surface area (Å²) in [6.07, 6.45) is 0.480. The maximum absolute atomic E-state index is 12.2. The van der Waals surface area contributed by atoms with Crippen LogP contribution < -0.4 is 10.4 Å². The van der Waals surface area contributed by atoms with Gasteiger partial charge in [0.05, 0.1) is 13.7 Å². The van der Waals surface area contributed by atoms with Crippen molar-refractivity contribution in [3.63, 3.8) is 0 Å². The fourth-order valence-corrected chi connectivity index (χ4v) is 2.54. The Balaban J connectivity index is 2.45. The van der Waals surface area contributed by atoms with Crippen molar-refractivity contribution in [3.8, 4) is 5.75 Å². The highest BCUT2D eigenvalue weighted by Gasteiger charge is 2.16. The first-order valence-corrected chi connectivity index (χ1v) is 7.25. The Bertz CT molecular complexity index is 758. The molecule has 0 aliphatic carbocycles. The molecule has 0 saturated carbocycles. The molecule has 22 heavy (non-hydrogen) atoms. The molecule has 5 heteroatoms. The van der Waals surface area contributed by atoms with Crippen molar-refractivity contribution in [3.05, 3.63) is 39.2 Å². The molecule has 0 radical (unpaired) electrons. The minimum atomic E-state index is -0.411. The maximum Gasteiger partial charge on any atom is 0.339 e. The van der Waals surface area contributed by atoms with E-state index < -0.39 is 5.63 Å². The first-order chi connectivity index (χ1) is 10.5. The molecular formula is C17H20O5. The van der Waals surface area contributed by atoms with Crippen LogP contribution in [0, 0.1) is 13.8 Å². The summed E-state index contributed by atoms with van der Waals surface area (Å²) in [6.45, 7) is 5.81. The molecule has 0 spiro atoms. The molecule has 1 heterocycles. The summed E-state index contributed by atoms with van der Waals surface area (Å²) >= 11 is 0. The number of benzene rings is 1. The largest absolute Gasteiger partial charge is 0.496 e. The molecule has 0 aliphatic heterocycles. The van der Waals surface area contributed by atoms with Gasteiger partial charge < -0.3 is 13.9 Å². The number of rotatable bonds is 5. The number of hydrogen-bond donors (Lipinski definition) is 0. The van der Waals surface area contributed by atoms with Gasteiger partial charge in [0.2, 0.25) is 0 Å². The molecule has 2 rings (SSSR count). The molecule has 0 saturated heterocycles. The third-order valence-corrected chi connectivity index (χ3v) is 3.76. The zero-order chi connectivity index (χ0) is 16.3. The number of methoxy groups -OCH3 is 1. The van der Waals surface area contributed by atoms with E-state index in [-0.39, 0.29) is 12.4 Å². The Labute approximate surface area is 128 Å². The van der Waals surface area contributed by atoms with Crippen LogP contribution in [-0.4, -0.2) is 19.7 Å². The monoisotopic (exact) mass is 304 g/mol. The van der Waals surface area contributed by atoms with E-state index in [4.69, 9.17) is 13.9 Å². The maximum atomic E-state index is 12.2. The number of carbonyl (C=O) groups is 1. The van der Waals surface area contributed by atoms with E-state index in [1.54, 1.807) is 14.0 Å². The molecule has 118 valence electrons. The number of fused-ring (bicyclic) bond motifs is 1. The molecule has 0 bridgehead atoms. The average Bonchev–Trinajstić information content (AvgIpc) is 2.48. The Morgan fingerprint density at radius 2 is 1.95 bits per heavy atom. The molecule has 1 aromatic heterocycles. The van der Waals surface area contributed by atoms with Gasteiger partial charge in [0.1, 0.15) is 11.3 Å². The Morgan fingerprint density at radius 3 is 2.59 bits per heavy atom. The van der Waals surface area contributed by atoms with E-state index in [9.17, 15) is 9.59 Å². The highest BCUT2D eigenvalue weighted by atomic mass is 16.5. The Morgan fingerprint density at radius 1 is 1.23 bits per heavy atom. The van der Waals surface area contributed by atoms with Gasteiger partial charge in [-0.25, -0.2) is 4.79 Å². The highest BCUT2D eigenvalue weighted by Crippen LogP contribution is 2.29. The standard InChI is InChI=1S/C17H20O5/c1-5-21-15(18)9-7-13-10(2)12-6-8-14(20-4)11(3)16(12)22-17(13)19/h6,8H,5,7,9H2,1-4H3. The lowest BCUT2D eigenvalue weighted by molar-refractivity contribution is -0.143. The fourth-order valence-electron chi connectivity index (χ4n) is 2.54. The van der Waals surface area contributed by atoms with Crippen molar-refractivity contribution < 1.29 is 18.7 Å². The van der Waals surface area contributed by atoms with Crippen LogP contribution >= 0.6 is 0 Å². The fraction of sp³-hybridized carbons (Fsp3) is 0.412. The number of carbonyl (C=O) groups excluding carboxylic acids is 1. The highest BCUT2D eigenvalue weighted by molar-refractivity contribution is 5.85. The van der Waals surface area contributed by atoms with Gasteiger partial charge in [-0.3, -0.25) is 4.79 Å². The lowest BCUT2D eigenvalue weighted by Gasteiger charge is -2.11. The second-order valence-corrected chi connectivity index (χ2v) is 5.07. The summed E-state index contributed by atoms with van der Waals surface area (Å²) in [4.78, 5) is 23.7. The number of aryl methyl sites for hydroxylation is 2. The minimum Gasteiger partial charge on any atom is -0.496 e. The van der Waals surface area contributed by atoms with Gasteiger partial charge in [-0.1, -0.05) is 0 Å². The lowest BCUT2D eigenvalue weighted by atomic mass is 10.0. The predicted molar refractivity (Wildman–Crippen MR) is 83.5 cm³/mol. The van der Waals surface area contributed by atoms with Crippen molar-refractivity contribution >= 4 is 16.9 Å². The van der Waals surface area contributed by atoms with E-state index in [1.807, 2.05) is 26.0 Å². The van der Waals surface area contributed by atoms with E-state index in [2.05, 4.69) is 0 Å². The van der Waals surface area contributed by atoms with Crippen LogP contribution in [0.4, 0.5) is 0 Å². The molecule has 0 N–H and O–H groups in total. The van der Waals surface area contributed by atoms with E-state index in [1.165, 1.54) is 0 Å². The predicted octanol–water partition coefficient (Wildman–Crippen LogP) is 2.91. The summed E-state index contributed by atoms with van der Waals surface area (Å²) in [7, 11) is 1.58. The van der Waals surface area contributed by atoms with Gasteiger partial charge in [0.25, 0.3) is 0 Å². The zero-order valence-electron chi connectivity index (χ0n) is 13.3. The second kappa shape index (κ2) is 6.64.